The van der Waals surface area contributed by atoms with E-state index < -0.39 is 182 Å². The zero-order valence-corrected chi connectivity index (χ0v) is 51.0. The molecular formula is C52H76N12O25. The molecule has 4 rings (SSSR count). The van der Waals surface area contributed by atoms with Crippen molar-refractivity contribution in [1.29, 1.82) is 0 Å². The summed E-state index contributed by atoms with van der Waals surface area (Å²) in [5, 5.41) is 31.1. The van der Waals surface area contributed by atoms with Gasteiger partial charge in [0.2, 0.25) is 29.5 Å². The second-order valence-corrected chi connectivity index (χ2v) is 20.9. The van der Waals surface area contributed by atoms with Gasteiger partial charge in [-0.1, -0.05) is 10.4 Å². The second kappa shape index (κ2) is 34.5. The standard InChI is InChI=1S/C52H76N12O25/c1-25(65)55-41-45(85-31(7)71)43(83-29(5)69)37(23-81-27(3)67)87-49(41)79-15-13-63-21-33(59-61-63)19-53-47(75)35(58-51(77)89-52(9,10)11)17-39(73)57-36(18-40(74)78-12)48(76)54-20-34-22-64(62-60-34)14-16-80-50-42(56-26(2)66)46(86-32(8)72)44(84-30(6)70)38(88-50)24-82-28(4)68/h21-22,35-38,41-46,49-50H,13-20,23-24H2,1-12H3,(H,53,75)(H,54,76)(H,55,65)(H,56,66)(H,57,73)(H,58,77)/t35-,36-,37+,38+,41+,42+,43-,44-,45+,46+,49-,50-/m0/s1. The minimum atomic E-state index is -1.65. The third kappa shape index (κ3) is 25.3. The molecule has 2 aliphatic heterocycles. The van der Waals surface area contributed by atoms with Gasteiger partial charge >= 0.3 is 47.9 Å². The molecule has 6 amide bonds. The zero-order valence-electron chi connectivity index (χ0n) is 51.0. The Bertz CT molecular complexity index is 2840. The van der Waals surface area contributed by atoms with E-state index in [4.69, 9.17) is 56.8 Å². The molecule has 0 bridgehead atoms. The molecule has 2 aliphatic rings. The number of aromatic nitrogens is 6. The van der Waals surface area contributed by atoms with Gasteiger partial charge in [-0.15, -0.1) is 10.2 Å². The molecule has 37 heteroatoms. The van der Waals surface area contributed by atoms with Gasteiger partial charge < -0.3 is 88.7 Å². The number of hydrogen-bond acceptors (Lipinski definition) is 29. The van der Waals surface area contributed by atoms with Gasteiger partial charge in [0.1, 0.15) is 66.6 Å². The first kappa shape index (κ1) is 72.5. The number of hydrogen-bond donors (Lipinski definition) is 6. The topological polar surface area (TPSA) is 466 Å². The molecule has 0 radical (unpaired) electrons. The van der Waals surface area contributed by atoms with Crippen LogP contribution in [0.4, 0.5) is 4.79 Å². The molecule has 12 atom stereocenters. The van der Waals surface area contributed by atoms with Gasteiger partial charge in [-0.05, 0) is 20.8 Å². The largest absolute Gasteiger partial charge is 0.469 e. The lowest BCUT2D eigenvalue weighted by atomic mass is 9.96. The molecule has 0 spiro atoms. The van der Waals surface area contributed by atoms with Gasteiger partial charge in [0.15, 0.2) is 37.0 Å². The lowest BCUT2D eigenvalue weighted by molar-refractivity contribution is -0.278. The predicted molar refractivity (Wildman–Crippen MR) is 290 cm³/mol. The molecule has 0 unspecified atom stereocenters. The molecule has 89 heavy (non-hydrogen) atoms. The summed E-state index contributed by atoms with van der Waals surface area (Å²) in [5.41, 5.74) is -0.714. The summed E-state index contributed by atoms with van der Waals surface area (Å²) in [6.45, 7) is 11.6. The van der Waals surface area contributed by atoms with E-state index in [1.165, 1.54) is 35.6 Å². The first-order valence-electron chi connectivity index (χ1n) is 27.5. The maximum atomic E-state index is 13.7. The fourth-order valence-electron chi connectivity index (χ4n) is 8.61. The molecule has 494 valence electrons. The summed E-state index contributed by atoms with van der Waals surface area (Å²) in [6.07, 6.45) is -10.4. The molecule has 4 heterocycles. The first-order valence-corrected chi connectivity index (χ1v) is 27.5. The SMILES string of the molecule is COC(=O)C[C@H](NC(=O)C[C@H](NC(=O)OC(C)(C)C)C(=O)NCc1cn(CCO[C@H]2O[C@H](COC(C)=O)[C@H](OC(C)=O)[C@H](OC(C)=O)[C@H]2NC(C)=O)nn1)C(=O)NCc1cn(CCO[C@H]2O[C@H](COC(C)=O)[C@H](OC(C)=O)[C@H](OC(C)=O)[C@H]2NC(C)=O)nn1. The van der Waals surface area contributed by atoms with Crippen molar-refractivity contribution in [3.8, 4) is 0 Å². The van der Waals surface area contributed by atoms with E-state index >= 15 is 0 Å². The molecule has 6 N–H and O–H groups in total. The fraction of sp³-hybridized carbons (Fsp3) is 0.673. The van der Waals surface area contributed by atoms with Crippen molar-refractivity contribution in [1.82, 2.24) is 61.9 Å². The van der Waals surface area contributed by atoms with E-state index in [-0.39, 0.29) is 50.8 Å². The molecule has 0 aliphatic carbocycles. The lowest BCUT2D eigenvalue weighted by Gasteiger charge is -2.44. The van der Waals surface area contributed by atoms with E-state index in [0.717, 1.165) is 48.7 Å². The Hall–Kier alpha value is -8.97. The monoisotopic (exact) mass is 1270 g/mol. The lowest BCUT2D eigenvalue weighted by Crippen LogP contribution is -2.66. The highest BCUT2D eigenvalue weighted by Crippen LogP contribution is 2.30. The summed E-state index contributed by atoms with van der Waals surface area (Å²) in [6, 6.07) is -5.74. The first-order chi connectivity index (χ1) is 41.8. The number of carbonyl (C=O) groups excluding carboxylic acids is 13. The van der Waals surface area contributed by atoms with Gasteiger partial charge in [-0.2, -0.15) is 0 Å². The molecule has 2 fully saturated rings. The molecule has 2 aromatic rings. The van der Waals surface area contributed by atoms with E-state index in [0.29, 0.717) is 0 Å². The number of rotatable bonds is 30. The van der Waals surface area contributed by atoms with Gasteiger partial charge in [0, 0.05) is 55.4 Å². The molecule has 0 aromatic carbocycles. The minimum absolute atomic E-state index is 0.0361. The molecule has 37 nitrogen and oxygen atoms in total. The fourth-order valence-corrected chi connectivity index (χ4v) is 8.61. The van der Waals surface area contributed by atoms with E-state index in [2.05, 4.69) is 52.5 Å². The zero-order chi connectivity index (χ0) is 66.3. The third-order valence-electron chi connectivity index (χ3n) is 12.1. The normalized spacial score (nSPS) is 22.0. The molecular weight excluding hydrogens is 1190 g/mol. The van der Waals surface area contributed by atoms with Crippen molar-refractivity contribution < 1.29 is 119 Å². The van der Waals surface area contributed by atoms with Gasteiger partial charge in [0.05, 0.1) is 71.7 Å². The number of amides is 6. The number of ether oxygens (including phenoxy) is 12. The Morgan fingerprint density at radius 2 is 0.944 bits per heavy atom. The van der Waals surface area contributed by atoms with Gasteiger partial charge in [-0.3, -0.25) is 57.5 Å². The minimum Gasteiger partial charge on any atom is -0.469 e. The Morgan fingerprint density at radius 3 is 1.30 bits per heavy atom. The number of alkyl carbamates (subject to hydrolysis) is 1. The summed E-state index contributed by atoms with van der Waals surface area (Å²) < 4.78 is 68.6. The summed E-state index contributed by atoms with van der Waals surface area (Å²) in [4.78, 5) is 163. The van der Waals surface area contributed by atoms with Gasteiger partial charge in [-0.25, -0.2) is 14.2 Å². The Balaban J connectivity index is 1.40. The van der Waals surface area contributed by atoms with Crippen LogP contribution in [-0.2, 0) is 141 Å². The van der Waals surface area contributed by atoms with Crippen molar-refractivity contribution in [3.63, 3.8) is 0 Å². The van der Waals surface area contributed by atoms with E-state index in [1.54, 1.807) is 20.8 Å². The highest BCUT2D eigenvalue weighted by molar-refractivity contribution is 5.94. The van der Waals surface area contributed by atoms with Crippen molar-refractivity contribution in [2.45, 2.75) is 194 Å². The van der Waals surface area contributed by atoms with Crippen LogP contribution in [0.2, 0.25) is 0 Å². The summed E-state index contributed by atoms with van der Waals surface area (Å²) >= 11 is 0. The molecule has 2 saturated heterocycles. The Morgan fingerprint density at radius 1 is 0.551 bits per heavy atom. The van der Waals surface area contributed by atoms with Crippen LogP contribution < -0.4 is 31.9 Å². The molecule has 0 saturated carbocycles. The highest BCUT2D eigenvalue weighted by Gasteiger charge is 2.53. The number of methoxy groups -OCH3 is 1. The summed E-state index contributed by atoms with van der Waals surface area (Å²) in [5.74, 6) is -9.51. The highest BCUT2D eigenvalue weighted by atomic mass is 16.7. The average Bonchev–Trinajstić information content (AvgIpc) is 1.41. The number of nitrogens with one attached hydrogen (secondary N) is 6. The van der Waals surface area contributed by atoms with Crippen LogP contribution in [-0.4, -0.2) is 220 Å². The van der Waals surface area contributed by atoms with Crippen LogP contribution in [0.3, 0.4) is 0 Å². The quantitative estimate of drug-likeness (QED) is 0.0326. The molecule has 2 aromatic heterocycles. The second-order valence-electron chi connectivity index (χ2n) is 20.9. The Kier molecular flexibility index (Phi) is 28.1. The van der Waals surface area contributed by atoms with Crippen molar-refractivity contribution in [2.24, 2.45) is 0 Å². The smallest absolute Gasteiger partial charge is 0.408 e. The predicted octanol–water partition coefficient (Wildman–Crippen LogP) is -3.52. The van der Waals surface area contributed by atoms with Crippen LogP contribution in [0.1, 0.15) is 100 Å². The van der Waals surface area contributed by atoms with E-state index in [1.807, 2.05) is 0 Å². The van der Waals surface area contributed by atoms with Crippen molar-refractivity contribution >= 4 is 77.4 Å². The summed E-state index contributed by atoms with van der Waals surface area (Å²) in [7, 11) is 1.05. The van der Waals surface area contributed by atoms with Crippen LogP contribution in [0.25, 0.3) is 0 Å². The maximum absolute atomic E-state index is 13.7. The van der Waals surface area contributed by atoms with Crippen LogP contribution in [0.15, 0.2) is 12.4 Å². The number of nitrogens with zero attached hydrogens (tertiary/aromatic N) is 6. The van der Waals surface area contributed by atoms with E-state index in [9.17, 15) is 62.3 Å². The van der Waals surface area contributed by atoms with Crippen LogP contribution >= 0.6 is 0 Å². The maximum Gasteiger partial charge on any atom is 0.408 e. The third-order valence-corrected chi connectivity index (χ3v) is 12.1. The Labute approximate surface area is 508 Å². The number of esters is 7. The number of carbonyl (C=O) groups is 13. The van der Waals surface area contributed by atoms with Gasteiger partial charge in [0.25, 0.3) is 0 Å². The van der Waals surface area contributed by atoms with Crippen LogP contribution in [0, 0.1) is 0 Å². The average molecular weight is 1270 g/mol. The van der Waals surface area contributed by atoms with Crippen molar-refractivity contribution in [2.75, 3.05) is 33.5 Å². The van der Waals surface area contributed by atoms with Crippen molar-refractivity contribution in [3.05, 3.63) is 23.8 Å². The van der Waals surface area contributed by atoms with Crippen LogP contribution in [0.5, 0.6) is 0 Å².